The number of carbonyl (C=O) groups is 1. The minimum atomic E-state index is -1.05. The van der Waals surface area contributed by atoms with Crippen LogP contribution in [0.2, 0.25) is 0 Å². The summed E-state index contributed by atoms with van der Waals surface area (Å²) in [5.74, 6) is -0.563. The van der Waals surface area contributed by atoms with Crippen molar-refractivity contribution in [3.05, 3.63) is 45.6 Å². The number of hydrogen-bond donors (Lipinski definition) is 2. The zero-order valence-electron chi connectivity index (χ0n) is 11.0. The third kappa shape index (κ3) is 4.13. The van der Waals surface area contributed by atoms with E-state index in [1.807, 2.05) is 0 Å². The Morgan fingerprint density at radius 3 is 2.95 bits per heavy atom. The second kappa shape index (κ2) is 8.03. The van der Waals surface area contributed by atoms with Crippen molar-refractivity contribution in [2.24, 2.45) is 0 Å². The van der Waals surface area contributed by atoms with Gasteiger partial charge in [-0.05, 0) is 12.5 Å². The molecule has 8 heteroatoms. The number of rotatable bonds is 5. The van der Waals surface area contributed by atoms with E-state index in [1.165, 1.54) is 17.8 Å². The Labute approximate surface area is 154 Å². The minimum absolute atomic E-state index is 0. The van der Waals surface area contributed by atoms with Gasteiger partial charge in [-0.2, -0.15) is 0 Å². The molecule has 1 radical (unpaired) electrons. The number of carboxylic acid groups (broad SMARTS) is 1. The number of allylic oxidation sites excluding steroid dienone is 2. The zero-order valence-corrected chi connectivity index (χ0v) is 15.5. The van der Waals surface area contributed by atoms with Crippen LogP contribution >= 0.6 is 23.1 Å². The van der Waals surface area contributed by atoms with Crippen molar-refractivity contribution < 1.29 is 42.6 Å². The summed E-state index contributed by atoms with van der Waals surface area (Å²) in [6, 6.07) is 0. The predicted octanol–water partition coefficient (Wildman–Crippen LogP) is 2.43. The van der Waals surface area contributed by atoms with Gasteiger partial charge in [-0.15, -0.1) is 23.1 Å². The maximum atomic E-state index is 12.0. The van der Waals surface area contributed by atoms with Crippen LogP contribution in [0.1, 0.15) is 15.2 Å². The number of nitrogens with zero attached hydrogens (tertiary/aromatic N) is 1. The molecule has 2 heterocycles. The molecular formula is C13H10N2O3S2Y-2. The van der Waals surface area contributed by atoms with E-state index in [1.54, 1.807) is 13.0 Å². The molecule has 2 aromatic heterocycles. The van der Waals surface area contributed by atoms with Crippen LogP contribution in [-0.2, 0) is 32.7 Å². The second-order valence-electron chi connectivity index (χ2n) is 3.76. The zero-order chi connectivity index (χ0) is 14.7. The first-order valence-electron chi connectivity index (χ1n) is 5.54. The molecule has 0 saturated carbocycles. The van der Waals surface area contributed by atoms with E-state index in [9.17, 15) is 9.59 Å². The van der Waals surface area contributed by atoms with Crippen molar-refractivity contribution in [3.63, 3.8) is 0 Å². The Morgan fingerprint density at radius 2 is 2.33 bits per heavy atom. The van der Waals surface area contributed by atoms with E-state index in [2.05, 4.69) is 16.0 Å². The molecule has 0 aromatic carbocycles. The number of thioether (sulfide) groups is 1. The van der Waals surface area contributed by atoms with E-state index >= 15 is 0 Å². The number of nitrogens with one attached hydrogen (secondary N) is 1. The number of aromatic amines is 1. The maximum Gasteiger partial charge on any atom is 0.346 e. The predicted molar refractivity (Wildman–Crippen MR) is 79.3 cm³/mol. The van der Waals surface area contributed by atoms with E-state index < -0.39 is 5.97 Å². The molecule has 0 atom stereocenters. The van der Waals surface area contributed by atoms with Gasteiger partial charge in [-0.25, -0.2) is 9.78 Å². The fourth-order valence-corrected chi connectivity index (χ4v) is 3.34. The Bertz CT molecular complexity index is 765. The Morgan fingerprint density at radius 1 is 1.62 bits per heavy atom. The number of carboxylic acids is 1. The standard InChI is InChI=1S/C13H10N2O3S2.Y/c1-3-4-5-6-19-13-14-10(16)8-7(2)9(12(17)18)20-11(8)15-13;/h1,3-4H,6H2,2H3,(H,17,18)(H,14,15,16);/q-2;. The van der Waals surface area contributed by atoms with Crippen LogP contribution in [0.15, 0.2) is 22.1 Å². The molecule has 0 aliphatic rings. The fraction of sp³-hybridized carbons (Fsp3) is 0.154. The number of fused-ring (bicyclic) bond motifs is 1. The quantitative estimate of drug-likeness (QED) is 0.352. The van der Waals surface area contributed by atoms with Gasteiger partial charge in [0.1, 0.15) is 9.71 Å². The van der Waals surface area contributed by atoms with Gasteiger partial charge >= 0.3 is 5.97 Å². The summed E-state index contributed by atoms with van der Waals surface area (Å²) in [7, 11) is 0. The monoisotopic (exact) mass is 395 g/mol. The number of aromatic carboxylic acids is 1. The largest absolute Gasteiger partial charge is 0.477 e. The molecule has 2 aromatic rings. The second-order valence-corrected chi connectivity index (χ2v) is 5.73. The van der Waals surface area contributed by atoms with Gasteiger partial charge in [0.15, 0.2) is 5.16 Å². The molecule has 21 heavy (non-hydrogen) atoms. The Kier molecular flexibility index (Phi) is 6.99. The van der Waals surface area contributed by atoms with Gasteiger partial charge in [0, 0.05) is 32.7 Å². The third-order valence-corrected chi connectivity index (χ3v) is 4.43. The fourth-order valence-electron chi connectivity index (χ4n) is 1.62. The summed E-state index contributed by atoms with van der Waals surface area (Å²) < 4.78 is 0. The molecular weight excluding hydrogens is 385 g/mol. The number of thiophene rings is 1. The molecule has 0 bridgehead atoms. The van der Waals surface area contributed by atoms with E-state index in [0.29, 0.717) is 26.7 Å². The molecule has 2 rings (SSSR count). The normalized spacial score (nSPS) is 10.7. The van der Waals surface area contributed by atoms with Crippen molar-refractivity contribution in [1.82, 2.24) is 9.97 Å². The molecule has 0 fully saturated rings. The molecule has 0 unspecified atom stereocenters. The number of hydrogen-bond acceptors (Lipinski definition) is 5. The molecule has 2 N–H and O–H groups in total. The SMILES string of the molecule is [CH-]=CC=[C-]CSc1nc2sc(C(=O)O)c(C)c2c(=O)[nH]1.[Y]. The van der Waals surface area contributed by atoms with Crippen LogP contribution in [0.4, 0.5) is 0 Å². The molecule has 0 spiro atoms. The van der Waals surface area contributed by atoms with Crippen molar-refractivity contribution in [3.8, 4) is 0 Å². The summed E-state index contributed by atoms with van der Waals surface area (Å²) in [4.78, 5) is 30.5. The van der Waals surface area contributed by atoms with Gasteiger partial charge < -0.3 is 34.9 Å². The number of H-pyrrole nitrogens is 1. The smallest absolute Gasteiger partial charge is 0.346 e. The Balaban J connectivity index is 0.00000220. The molecule has 107 valence electrons. The van der Waals surface area contributed by atoms with Gasteiger partial charge in [0.05, 0.1) is 5.39 Å². The van der Waals surface area contributed by atoms with Gasteiger partial charge in [0.25, 0.3) is 5.56 Å². The third-order valence-electron chi connectivity index (χ3n) is 2.48. The first-order chi connectivity index (χ1) is 9.54. The van der Waals surface area contributed by atoms with Crippen molar-refractivity contribution in [2.75, 3.05) is 5.75 Å². The molecule has 5 nitrogen and oxygen atoms in total. The van der Waals surface area contributed by atoms with Crippen LogP contribution in [0, 0.1) is 19.6 Å². The number of aryl methyl sites for hydroxylation is 1. The molecule has 0 amide bonds. The average molecular weight is 395 g/mol. The first-order valence-corrected chi connectivity index (χ1v) is 7.34. The van der Waals surface area contributed by atoms with Gasteiger partial charge in [-0.3, -0.25) is 4.79 Å². The van der Waals surface area contributed by atoms with Crippen LogP contribution in [0.5, 0.6) is 0 Å². The van der Waals surface area contributed by atoms with Crippen molar-refractivity contribution >= 4 is 39.3 Å². The maximum absolute atomic E-state index is 12.0. The molecule has 0 aliphatic heterocycles. The summed E-state index contributed by atoms with van der Waals surface area (Å²) >= 11 is 2.29. The molecule has 0 aliphatic carbocycles. The van der Waals surface area contributed by atoms with Crippen LogP contribution in [0.25, 0.3) is 10.2 Å². The van der Waals surface area contributed by atoms with Crippen LogP contribution in [0.3, 0.4) is 0 Å². The summed E-state index contributed by atoms with van der Waals surface area (Å²) in [6.45, 7) is 6.79. The molecule has 0 saturated heterocycles. The minimum Gasteiger partial charge on any atom is -0.477 e. The average Bonchev–Trinajstić information content (AvgIpc) is 2.73. The van der Waals surface area contributed by atoms with Crippen molar-refractivity contribution in [1.29, 1.82) is 0 Å². The van der Waals surface area contributed by atoms with Crippen molar-refractivity contribution in [2.45, 2.75) is 12.1 Å². The van der Waals surface area contributed by atoms with E-state index in [-0.39, 0.29) is 43.1 Å². The topological polar surface area (TPSA) is 83.0 Å². The summed E-state index contributed by atoms with van der Waals surface area (Å²) in [5.41, 5.74) is 0.125. The van der Waals surface area contributed by atoms with Crippen LogP contribution < -0.4 is 5.56 Å². The summed E-state index contributed by atoms with van der Waals surface area (Å²) in [5, 5.41) is 9.83. The first kappa shape index (κ1) is 18.3. The Hall–Kier alpha value is -0.756. The van der Waals surface area contributed by atoms with E-state index in [0.717, 1.165) is 11.3 Å². The van der Waals surface area contributed by atoms with Crippen LogP contribution in [-0.4, -0.2) is 26.8 Å². The van der Waals surface area contributed by atoms with Gasteiger partial charge in [-0.1, -0.05) is 5.75 Å². The summed E-state index contributed by atoms with van der Waals surface area (Å²) in [6.07, 6.45) is 5.82. The van der Waals surface area contributed by atoms with Gasteiger partial charge in [0.2, 0.25) is 0 Å². The van der Waals surface area contributed by atoms with E-state index in [4.69, 9.17) is 11.7 Å². The number of aromatic nitrogens is 2.